The molecular formula is C15H17FN4O2S. The van der Waals surface area contributed by atoms with E-state index in [0.717, 1.165) is 37.6 Å². The molecule has 1 unspecified atom stereocenters. The fourth-order valence-corrected chi connectivity index (χ4v) is 3.16. The van der Waals surface area contributed by atoms with Crippen LogP contribution in [0.2, 0.25) is 0 Å². The molecule has 0 spiro atoms. The third kappa shape index (κ3) is 3.58. The van der Waals surface area contributed by atoms with Crippen molar-refractivity contribution >= 4 is 28.3 Å². The van der Waals surface area contributed by atoms with E-state index < -0.39 is 22.6 Å². The first-order chi connectivity index (χ1) is 11.0. The molecule has 2 N–H and O–H groups in total. The number of amides is 2. The number of urea groups is 1. The molecule has 1 aliphatic heterocycles. The van der Waals surface area contributed by atoms with Gasteiger partial charge in [-0.05, 0) is 37.5 Å². The van der Waals surface area contributed by atoms with Crippen LogP contribution in [0.15, 0.2) is 29.2 Å². The molecular weight excluding hydrogens is 319 g/mol. The van der Waals surface area contributed by atoms with Crippen LogP contribution < -0.4 is 10.6 Å². The summed E-state index contributed by atoms with van der Waals surface area (Å²) in [6.07, 6.45) is 4.57. The van der Waals surface area contributed by atoms with Crippen LogP contribution >= 0.6 is 0 Å². The molecule has 0 saturated carbocycles. The molecule has 1 aromatic heterocycles. The molecule has 122 valence electrons. The van der Waals surface area contributed by atoms with Crippen LogP contribution in [0, 0.1) is 5.82 Å². The smallest absolute Gasteiger partial charge is 0.308 e. The lowest BCUT2D eigenvalue weighted by Crippen LogP contribution is -2.20. The van der Waals surface area contributed by atoms with Crippen LogP contribution in [0.4, 0.5) is 20.7 Å². The first-order valence-corrected chi connectivity index (χ1v) is 8.86. The Balaban J connectivity index is 1.66. The van der Waals surface area contributed by atoms with Crippen LogP contribution in [-0.4, -0.2) is 26.3 Å². The summed E-state index contributed by atoms with van der Waals surface area (Å²) >= 11 is 0. The molecule has 3 rings (SSSR count). The number of nitrogens with one attached hydrogen (secondary N) is 2. The van der Waals surface area contributed by atoms with Crippen LogP contribution in [0.3, 0.4) is 0 Å². The van der Waals surface area contributed by atoms with Gasteiger partial charge in [0.25, 0.3) is 0 Å². The molecule has 2 aromatic rings. The number of aryl methyl sites for hydroxylation is 2. The van der Waals surface area contributed by atoms with Crippen molar-refractivity contribution < 1.29 is 13.4 Å². The molecule has 23 heavy (non-hydrogen) atoms. The summed E-state index contributed by atoms with van der Waals surface area (Å²) < 4.78 is 26.9. The van der Waals surface area contributed by atoms with Gasteiger partial charge >= 0.3 is 6.03 Å². The Labute approximate surface area is 135 Å². The van der Waals surface area contributed by atoms with Crippen molar-refractivity contribution in [2.75, 3.05) is 16.9 Å². The van der Waals surface area contributed by atoms with Crippen molar-refractivity contribution in [2.45, 2.75) is 30.7 Å². The second-order valence-electron chi connectivity index (χ2n) is 5.38. The van der Waals surface area contributed by atoms with Gasteiger partial charge in [0, 0.05) is 30.2 Å². The SMILES string of the molecule is CS(=O)c1ccc(NC(=O)Nc2cc3n(n2)CCCC3)cc1F. The first-order valence-electron chi connectivity index (χ1n) is 7.30. The number of halogens is 1. The number of nitrogens with zero attached hydrogens (tertiary/aromatic N) is 2. The van der Waals surface area contributed by atoms with Crippen molar-refractivity contribution in [1.29, 1.82) is 0 Å². The van der Waals surface area contributed by atoms with E-state index in [9.17, 15) is 13.4 Å². The number of fused-ring (bicyclic) bond motifs is 1. The van der Waals surface area contributed by atoms with Gasteiger partial charge in [0.2, 0.25) is 0 Å². The minimum atomic E-state index is -1.41. The molecule has 0 aliphatic carbocycles. The lowest BCUT2D eigenvalue weighted by Gasteiger charge is -2.11. The number of benzene rings is 1. The van der Waals surface area contributed by atoms with Gasteiger partial charge in [0.1, 0.15) is 5.82 Å². The quantitative estimate of drug-likeness (QED) is 0.905. The fraction of sp³-hybridized carbons (Fsp3) is 0.333. The van der Waals surface area contributed by atoms with Crippen molar-refractivity contribution in [3.8, 4) is 0 Å². The third-order valence-corrected chi connectivity index (χ3v) is 4.61. The zero-order valence-corrected chi connectivity index (χ0v) is 13.5. The normalized spacial score (nSPS) is 14.9. The average molecular weight is 336 g/mol. The van der Waals surface area contributed by atoms with E-state index in [1.807, 2.05) is 10.7 Å². The fourth-order valence-electron chi connectivity index (χ4n) is 2.57. The predicted molar refractivity (Wildman–Crippen MR) is 86.5 cm³/mol. The van der Waals surface area contributed by atoms with Crippen molar-refractivity contribution in [3.63, 3.8) is 0 Å². The van der Waals surface area contributed by atoms with E-state index in [-0.39, 0.29) is 10.6 Å². The van der Waals surface area contributed by atoms with Crippen LogP contribution in [0.25, 0.3) is 0 Å². The standard InChI is InChI=1S/C15H17FN4O2S/c1-23(22)13-6-5-10(8-12(13)16)17-15(21)18-14-9-11-4-2-3-7-20(11)19-14/h5-6,8-9H,2-4,7H2,1H3,(H2,17,18,19,21). The van der Waals surface area contributed by atoms with Gasteiger partial charge in [-0.2, -0.15) is 5.10 Å². The Hall–Kier alpha value is -2.22. The summed E-state index contributed by atoms with van der Waals surface area (Å²) in [5, 5.41) is 9.50. The van der Waals surface area contributed by atoms with E-state index in [2.05, 4.69) is 15.7 Å². The maximum Gasteiger partial charge on any atom is 0.324 e. The maximum atomic E-state index is 13.8. The summed E-state index contributed by atoms with van der Waals surface area (Å²) in [4.78, 5) is 12.1. The Bertz CT molecular complexity index is 751. The summed E-state index contributed by atoms with van der Waals surface area (Å²) in [6.45, 7) is 0.861. The monoisotopic (exact) mass is 336 g/mol. The molecule has 1 aromatic carbocycles. The van der Waals surface area contributed by atoms with E-state index in [4.69, 9.17) is 0 Å². The van der Waals surface area contributed by atoms with Crippen LogP contribution in [0.5, 0.6) is 0 Å². The van der Waals surface area contributed by atoms with Gasteiger partial charge in [0.15, 0.2) is 5.82 Å². The first kappa shape index (κ1) is 15.7. The second-order valence-corrected chi connectivity index (χ2v) is 6.73. The Morgan fingerprint density at radius 2 is 2.13 bits per heavy atom. The van der Waals surface area contributed by atoms with Gasteiger partial charge in [-0.25, -0.2) is 9.18 Å². The number of carbonyl (C=O) groups is 1. The molecule has 1 aliphatic rings. The van der Waals surface area contributed by atoms with Gasteiger partial charge in [-0.3, -0.25) is 14.2 Å². The molecule has 2 amide bonds. The van der Waals surface area contributed by atoms with E-state index >= 15 is 0 Å². The van der Waals surface area contributed by atoms with Gasteiger partial charge in [-0.15, -0.1) is 0 Å². The number of hydrogen-bond acceptors (Lipinski definition) is 3. The van der Waals surface area contributed by atoms with Gasteiger partial charge in [-0.1, -0.05) is 0 Å². The van der Waals surface area contributed by atoms with Crippen molar-refractivity contribution in [1.82, 2.24) is 9.78 Å². The van der Waals surface area contributed by atoms with Crippen molar-refractivity contribution in [3.05, 3.63) is 35.8 Å². The Morgan fingerprint density at radius 1 is 1.30 bits per heavy atom. The molecule has 6 nitrogen and oxygen atoms in total. The molecule has 0 saturated heterocycles. The molecule has 1 atom stereocenters. The zero-order chi connectivity index (χ0) is 16.4. The maximum absolute atomic E-state index is 13.8. The average Bonchev–Trinajstić information content (AvgIpc) is 2.88. The lowest BCUT2D eigenvalue weighted by molar-refractivity contribution is 0.262. The highest BCUT2D eigenvalue weighted by atomic mass is 32.2. The van der Waals surface area contributed by atoms with Crippen molar-refractivity contribution in [2.24, 2.45) is 0 Å². The summed E-state index contributed by atoms with van der Waals surface area (Å²) in [7, 11) is -1.41. The summed E-state index contributed by atoms with van der Waals surface area (Å²) in [6, 6.07) is 5.41. The number of aromatic nitrogens is 2. The Kier molecular flexibility index (Phi) is 4.42. The number of hydrogen-bond donors (Lipinski definition) is 2. The van der Waals surface area contributed by atoms with Crippen LogP contribution in [-0.2, 0) is 23.8 Å². The van der Waals surface area contributed by atoms with E-state index in [0.29, 0.717) is 5.82 Å². The highest BCUT2D eigenvalue weighted by Gasteiger charge is 2.14. The third-order valence-electron chi connectivity index (χ3n) is 3.66. The Morgan fingerprint density at radius 3 is 2.83 bits per heavy atom. The minimum Gasteiger partial charge on any atom is -0.308 e. The van der Waals surface area contributed by atoms with E-state index in [1.165, 1.54) is 18.4 Å². The zero-order valence-electron chi connectivity index (χ0n) is 12.6. The minimum absolute atomic E-state index is 0.109. The highest BCUT2D eigenvalue weighted by Crippen LogP contribution is 2.19. The van der Waals surface area contributed by atoms with E-state index in [1.54, 1.807) is 0 Å². The number of rotatable bonds is 3. The summed E-state index contributed by atoms with van der Waals surface area (Å²) in [5.41, 5.74) is 1.39. The topological polar surface area (TPSA) is 76.0 Å². The predicted octanol–water partition coefficient (Wildman–Crippen LogP) is 2.74. The highest BCUT2D eigenvalue weighted by molar-refractivity contribution is 7.84. The number of carbonyl (C=O) groups excluding carboxylic acids is 1. The second kappa shape index (κ2) is 6.49. The molecule has 0 bridgehead atoms. The largest absolute Gasteiger partial charge is 0.324 e. The molecule has 8 heteroatoms. The van der Waals surface area contributed by atoms with Crippen LogP contribution in [0.1, 0.15) is 18.5 Å². The molecule has 0 radical (unpaired) electrons. The number of anilines is 2. The van der Waals surface area contributed by atoms with Gasteiger partial charge in [0.05, 0.1) is 15.7 Å². The molecule has 0 fully saturated rings. The molecule has 2 heterocycles. The summed E-state index contributed by atoms with van der Waals surface area (Å²) in [5.74, 6) is -0.132. The lowest BCUT2D eigenvalue weighted by atomic mass is 10.1. The van der Waals surface area contributed by atoms with Gasteiger partial charge < -0.3 is 5.32 Å².